The maximum atomic E-state index is 13.2. The summed E-state index contributed by atoms with van der Waals surface area (Å²) in [6.07, 6.45) is 2.59. The SMILES string of the molecule is CCOC(=O)/C=C(/N1CCCC1)C(F)(F)Br. The highest BCUT2D eigenvalue weighted by Crippen LogP contribution is 2.34. The lowest BCUT2D eigenvalue weighted by atomic mass is 10.3. The highest BCUT2D eigenvalue weighted by atomic mass is 79.9. The Labute approximate surface area is 102 Å². The molecule has 1 heterocycles. The zero-order chi connectivity index (χ0) is 12.2. The number of carbonyl (C=O) groups is 1. The van der Waals surface area contributed by atoms with E-state index in [9.17, 15) is 13.6 Å². The largest absolute Gasteiger partial charge is 0.463 e. The standard InChI is InChI=1S/C10H14BrF2NO2/c1-2-16-9(15)7-8(10(11,12)13)14-5-3-4-6-14/h7H,2-6H2,1H3/b8-7+. The number of rotatable bonds is 4. The van der Waals surface area contributed by atoms with Crippen LogP contribution in [0.25, 0.3) is 0 Å². The molecule has 0 aromatic rings. The normalized spacial score (nSPS) is 17.8. The van der Waals surface area contributed by atoms with Crippen LogP contribution in [0.15, 0.2) is 11.8 Å². The number of alkyl halides is 3. The first-order chi connectivity index (χ1) is 7.45. The fraction of sp³-hybridized carbons (Fsp3) is 0.700. The van der Waals surface area contributed by atoms with E-state index in [1.54, 1.807) is 6.92 Å². The Morgan fingerprint density at radius 1 is 1.50 bits per heavy atom. The van der Waals surface area contributed by atoms with Gasteiger partial charge in [0.1, 0.15) is 5.70 Å². The number of allylic oxidation sites excluding steroid dienone is 1. The molecule has 3 nitrogen and oxygen atoms in total. The van der Waals surface area contributed by atoms with Gasteiger partial charge in [-0.1, -0.05) is 0 Å². The monoisotopic (exact) mass is 297 g/mol. The van der Waals surface area contributed by atoms with Crippen LogP contribution in [-0.4, -0.2) is 35.4 Å². The van der Waals surface area contributed by atoms with Gasteiger partial charge in [0.15, 0.2) is 0 Å². The van der Waals surface area contributed by atoms with Crippen molar-refractivity contribution < 1.29 is 18.3 Å². The molecule has 0 unspecified atom stereocenters. The summed E-state index contributed by atoms with van der Waals surface area (Å²) in [4.78, 5) is 9.49. The van der Waals surface area contributed by atoms with Gasteiger partial charge in [-0.3, -0.25) is 0 Å². The van der Waals surface area contributed by atoms with Crippen molar-refractivity contribution in [3.63, 3.8) is 0 Å². The summed E-state index contributed by atoms with van der Waals surface area (Å²) in [6.45, 7) is 2.91. The lowest BCUT2D eigenvalue weighted by Crippen LogP contribution is -2.29. The molecule has 0 bridgehead atoms. The fourth-order valence-corrected chi connectivity index (χ4v) is 1.97. The molecule has 0 aromatic carbocycles. The minimum absolute atomic E-state index is 0.177. The summed E-state index contributed by atoms with van der Waals surface area (Å²) < 4.78 is 31.1. The van der Waals surface area contributed by atoms with Crippen molar-refractivity contribution in [1.29, 1.82) is 0 Å². The highest BCUT2D eigenvalue weighted by molar-refractivity contribution is 9.10. The van der Waals surface area contributed by atoms with Gasteiger partial charge in [0.25, 0.3) is 0 Å². The summed E-state index contributed by atoms with van der Waals surface area (Å²) in [7, 11) is 0. The first kappa shape index (κ1) is 13.4. The van der Waals surface area contributed by atoms with E-state index in [-0.39, 0.29) is 12.3 Å². The van der Waals surface area contributed by atoms with E-state index in [2.05, 4.69) is 20.7 Å². The number of hydrogen-bond donors (Lipinski definition) is 0. The van der Waals surface area contributed by atoms with E-state index >= 15 is 0 Å². The second-order valence-corrected chi connectivity index (χ2v) is 4.47. The van der Waals surface area contributed by atoms with Crippen LogP contribution in [0, 0.1) is 0 Å². The second kappa shape index (κ2) is 5.61. The van der Waals surface area contributed by atoms with E-state index in [4.69, 9.17) is 0 Å². The predicted molar refractivity (Wildman–Crippen MR) is 59.4 cm³/mol. The molecule has 1 fully saturated rings. The Kier molecular flexibility index (Phi) is 4.70. The number of ether oxygens (including phenoxy) is 1. The Morgan fingerprint density at radius 3 is 2.50 bits per heavy atom. The fourth-order valence-electron chi connectivity index (χ4n) is 1.61. The van der Waals surface area contributed by atoms with Gasteiger partial charge in [-0.25, -0.2) is 4.79 Å². The van der Waals surface area contributed by atoms with E-state index in [0.717, 1.165) is 18.9 Å². The number of carbonyl (C=O) groups excluding carboxylic acids is 1. The second-order valence-electron chi connectivity index (χ2n) is 3.47. The van der Waals surface area contributed by atoms with E-state index in [1.165, 1.54) is 4.90 Å². The van der Waals surface area contributed by atoms with E-state index < -0.39 is 10.8 Å². The third-order valence-corrected chi connectivity index (χ3v) is 2.68. The zero-order valence-electron chi connectivity index (χ0n) is 9.01. The van der Waals surface area contributed by atoms with Crippen LogP contribution in [0.4, 0.5) is 8.78 Å². The molecule has 16 heavy (non-hydrogen) atoms. The van der Waals surface area contributed by atoms with Crippen LogP contribution in [0.5, 0.6) is 0 Å². The van der Waals surface area contributed by atoms with Crippen LogP contribution in [0.1, 0.15) is 19.8 Å². The molecule has 0 amide bonds. The van der Waals surface area contributed by atoms with Gasteiger partial charge >= 0.3 is 10.8 Å². The molecular formula is C10H14BrF2NO2. The van der Waals surface area contributed by atoms with Crippen molar-refractivity contribution >= 4 is 21.9 Å². The van der Waals surface area contributed by atoms with Gasteiger partial charge in [0.05, 0.1) is 6.61 Å². The van der Waals surface area contributed by atoms with Crippen LogP contribution in [0.2, 0.25) is 0 Å². The summed E-state index contributed by atoms with van der Waals surface area (Å²) in [6, 6.07) is 0. The third-order valence-electron chi connectivity index (χ3n) is 2.28. The maximum absolute atomic E-state index is 13.2. The van der Waals surface area contributed by atoms with Gasteiger partial charge < -0.3 is 9.64 Å². The molecule has 0 N–H and O–H groups in total. The van der Waals surface area contributed by atoms with Gasteiger partial charge in [-0.05, 0) is 35.7 Å². The quantitative estimate of drug-likeness (QED) is 0.454. The number of esters is 1. The number of halogens is 3. The Hall–Kier alpha value is -0.650. The molecule has 0 radical (unpaired) electrons. The lowest BCUT2D eigenvalue weighted by molar-refractivity contribution is -0.137. The van der Waals surface area contributed by atoms with Crippen LogP contribution in [-0.2, 0) is 9.53 Å². The maximum Gasteiger partial charge on any atom is 0.341 e. The van der Waals surface area contributed by atoms with Crippen LogP contribution < -0.4 is 0 Å². The van der Waals surface area contributed by atoms with Gasteiger partial charge in [0, 0.05) is 19.2 Å². The smallest absolute Gasteiger partial charge is 0.341 e. The van der Waals surface area contributed by atoms with Crippen molar-refractivity contribution in [3.8, 4) is 0 Å². The molecule has 92 valence electrons. The summed E-state index contributed by atoms with van der Waals surface area (Å²) >= 11 is 2.28. The summed E-state index contributed by atoms with van der Waals surface area (Å²) in [5.74, 6) is -0.733. The zero-order valence-corrected chi connectivity index (χ0v) is 10.6. The molecule has 0 aliphatic carbocycles. The summed E-state index contributed by atoms with van der Waals surface area (Å²) in [5.41, 5.74) is -0.316. The van der Waals surface area contributed by atoms with Gasteiger partial charge in [-0.2, -0.15) is 8.78 Å². The average Bonchev–Trinajstić information content (AvgIpc) is 2.65. The van der Waals surface area contributed by atoms with Crippen LogP contribution in [0.3, 0.4) is 0 Å². The molecule has 1 saturated heterocycles. The number of hydrogen-bond acceptors (Lipinski definition) is 3. The molecular weight excluding hydrogens is 284 g/mol. The average molecular weight is 298 g/mol. The molecule has 0 aromatic heterocycles. The van der Waals surface area contributed by atoms with Crippen molar-refractivity contribution in [2.45, 2.75) is 24.6 Å². The molecule has 0 saturated carbocycles. The Bertz CT molecular complexity index is 283. The molecule has 6 heteroatoms. The van der Waals surface area contributed by atoms with E-state index in [0.29, 0.717) is 13.1 Å². The first-order valence-corrected chi connectivity index (χ1v) is 5.95. The molecule has 1 aliphatic heterocycles. The summed E-state index contributed by atoms with van der Waals surface area (Å²) in [5, 5.41) is 0. The Balaban J connectivity index is 2.82. The van der Waals surface area contributed by atoms with Gasteiger partial charge in [0.2, 0.25) is 0 Å². The minimum Gasteiger partial charge on any atom is -0.463 e. The predicted octanol–water partition coefficient (Wildman–Crippen LogP) is 2.52. The van der Waals surface area contributed by atoms with Gasteiger partial charge in [-0.15, -0.1) is 0 Å². The molecule has 0 atom stereocenters. The first-order valence-electron chi connectivity index (χ1n) is 5.15. The topological polar surface area (TPSA) is 29.5 Å². The molecule has 1 aliphatic rings. The van der Waals surface area contributed by atoms with Crippen LogP contribution >= 0.6 is 15.9 Å². The number of nitrogens with zero attached hydrogens (tertiary/aromatic N) is 1. The number of likely N-dealkylation sites (tertiary alicyclic amines) is 1. The lowest BCUT2D eigenvalue weighted by Gasteiger charge is -2.24. The molecule has 0 spiro atoms. The van der Waals surface area contributed by atoms with Crippen molar-refractivity contribution in [2.24, 2.45) is 0 Å². The van der Waals surface area contributed by atoms with Crippen molar-refractivity contribution in [3.05, 3.63) is 11.8 Å². The highest BCUT2D eigenvalue weighted by Gasteiger charge is 2.36. The van der Waals surface area contributed by atoms with E-state index in [1.807, 2.05) is 0 Å². The Morgan fingerprint density at radius 2 is 2.06 bits per heavy atom. The minimum atomic E-state index is -3.19. The van der Waals surface area contributed by atoms with Crippen molar-refractivity contribution in [1.82, 2.24) is 4.90 Å². The third kappa shape index (κ3) is 3.73. The molecule has 1 rings (SSSR count). The van der Waals surface area contributed by atoms with Crippen molar-refractivity contribution in [2.75, 3.05) is 19.7 Å².